The molecule has 0 saturated heterocycles. The largest absolute Gasteiger partial charge is 0.498 e. The molecular formula is C34H31FIrN2OSi-2. The quantitative estimate of drug-likeness (QED) is 0.135. The van der Waals surface area contributed by atoms with Crippen LogP contribution in [0.25, 0.3) is 44.5 Å². The Morgan fingerprint density at radius 3 is 2.27 bits per heavy atom. The summed E-state index contributed by atoms with van der Waals surface area (Å²) >= 11 is 0. The van der Waals surface area contributed by atoms with Gasteiger partial charge in [0.25, 0.3) is 0 Å². The molecule has 3 heterocycles. The van der Waals surface area contributed by atoms with E-state index in [1.165, 1.54) is 16.8 Å². The van der Waals surface area contributed by atoms with Crippen molar-refractivity contribution < 1.29 is 28.9 Å². The third kappa shape index (κ3) is 6.31. The smallest absolute Gasteiger partial charge is 0.165 e. The van der Waals surface area contributed by atoms with Crippen LogP contribution >= 0.6 is 0 Å². The molecule has 0 N–H and O–H groups in total. The second-order valence-corrected chi connectivity index (χ2v) is 16.0. The molecule has 6 aromatic rings. The maximum absolute atomic E-state index is 14.0. The van der Waals surface area contributed by atoms with E-state index in [-0.39, 0.29) is 31.5 Å². The van der Waals surface area contributed by atoms with Crippen molar-refractivity contribution >= 4 is 35.2 Å². The van der Waals surface area contributed by atoms with Crippen LogP contribution < -0.4 is 5.19 Å². The summed E-state index contributed by atoms with van der Waals surface area (Å²) in [5.74, 6) is 0.0533. The average Bonchev–Trinajstić information content (AvgIpc) is 3.34. The number of hydrogen-bond donors (Lipinski definition) is 0. The van der Waals surface area contributed by atoms with E-state index < -0.39 is 8.07 Å². The Bertz CT molecular complexity index is 1730. The van der Waals surface area contributed by atoms with Crippen molar-refractivity contribution in [1.82, 2.24) is 9.97 Å². The maximum atomic E-state index is 14.0. The minimum Gasteiger partial charge on any atom is -0.498 e. The van der Waals surface area contributed by atoms with E-state index in [1.54, 1.807) is 12.3 Å². The van der Waals surface area contributed by atoms with Crippen LogP contribution in [0.3, 0.4) is 0 Å². The monoisotopic (exact) mass is 723 g/mol. The first-order chi connectivity index (χ1) is 18.7. The molecule has 6 heteroatoms. The van der Waals surface area contributed by atoms with Crippen molar-refractivity contribution in [3.8, 4) is 22.5 Å². The van der Waals surface area contributed by atoms with Crippen LogP contribution in [0, 0.1) is 17.9 Å². The molecule has 1 radical (unpaired) electrons. The van der Waals surface area contributed by atoms with Gasteiger partial charge in [0.2, 0.25) is 0 Å². The Morgan fingerprint density at radius 1 is 0.800 bits per heavy atom. The molecule has 0 saturated carbocycles. The van der Waals surface area contributed by atoms with Gasteiger partial charge in [-0.2, -0.15) is 0 Å². The average molecular weight is 723 g/mol. The summed E-state index contributed by atoms with van der Waals surface area (Å²) in [5.41, 5.74) is 5.72. The third-order valence-electron chi connectivity index (χ3n) is 6.73. The van der Waals surface area contributed by atoms with Crippen molar-refractivity contribution in [3.63, 3.8) is 0 Å². The zero-order valence-corrected chi connectivity index (χ0v) is 26.6. The van der Waals surface area contributed by atoms with Gasteiger partial charge in [-0.25, -0.2) is 4.39 Å². The van der Waals surface area contributed by atoms with Gasteiger partial charge < -0.3 is 14.4 Å². The fourth-order valence-corrected chi connectivity index (χ4v) is 5.45. The van der Waals surface area contributed by atoms with Gasteiger partial charge in [-0.1, -0.05) is 80.3 Å². The van der Waals surface area contributed by atoms with Crippen molar-refractivity contribution in [2.75, 3.05) is 0 Å². The van der Waals surface area contributed by atoms with Crippen LogP contribution in [0.15, 0.2) is 95.7 Å². The molecule has 0 amide bonds. The number of halogens is 1. The predicted octanol–water partition coefficient (Wildman–Crippen LogP) is 8.80. The van der Waals surface area contributed by atoms with E-state index in [4.69, 9.17) is 4.42 Å². The van der Waals surface area contributed by atoms with E-state index in [2.05, 4.69) is 67.7 Å². The molecule has 0 aliphatic heterocycles. The van der Waals surface area contributed by atoms with E-state index in [0.29, 0.717) is 11.5 Å². The first-order valence-electron chi connectivity index (χ1n) is 13.1. The molecule has 3 nitrogen and oxygen atoms in total. The standard InChI is InChI=1S/C20H15FNO.C14H16NSi.Ir/c1-12(2)13-9-10-22-18(11-13)16-7-3-5-14-15-6-4-8-17(21)20(15)23-19(14)16;1-16(2,3)13-9-10-14(15-11-13)12-7-5-4-6-8-12;/h3-6,8-12H,1-2H3;4-7,9-11H,1-3H3;/q2*-1;. The Morgan fingerprint density at radius 2 is 1.60 bits per heavy atom. The van der Waals surface area contributed by atoms with Gasteiger partial charge in [-0.3, -0.25) is 0 Å². The number of para-hydroxylation sites is 1. The first-order valence-corrected chi connectivity index (χ1v) is 16.6. The molecule has 3 aromatic carbocycles. The summed E-state index contributed by atoms with van der Waals surface area (Å²) < 4.78 is 19.8. The molecule has 0 fully saturated rings. The summed E-state index contributed by atoms with van der Waals surface area (Å²) in [4.78, 5) is 8.97. The number of aromatic nitrogens is 2. The summed E-state index contributed by atoms with van der Waals surface area (Å²) in [5, 5.41) is 3.05. The van der Waals surface area contributed by atoms with Crippen molar-refractivity contribution in [1.29, 1.82) is 0 Å². The Labute approximate surface area is 249 Å². The molecule has 0 aliphatic carbocycles. The number of fused-ring (bicyclic) bond motifs is 3. The molecule has 0 atom stereocenters. The molecule has 40 heavy (non-hydrogen) atoms. The van der Waals surface area contributed by atoms with Gasteiger partial charge in [0, 0.05) is 37.9 Å². The zero-order valence-electron chi connectivity index (χ0n) is 23.3. The minimum absolute atomic E-state index is 0. The number of nitrogens with zero attached hydrogens (tertiary/aromatic N) is 2. The molecule has 0 aliphatic rings. The van der Waals surface area contributed by atoms with Crippen LogP contribution in [0.1, 0.15) is 25.3 Å². The second-order valence-electron chi connectivity index (χ2n) is 10.9. The normalized spacial score (nSPS) is 11.3. The van der Waals surface area contributed by atoms with E-state index in [9.17, 15) is 4.39 Å². The van der Waals surface area contributed by atoms with Gasteiger partial charge >= 0.3 is 0 Å². The fraction of sp³-hybridized carbons (Fsp3) is 0.176. The van der Waals surface area contributed by atoms with Crippen LogP contribution in [0.4, 0.5) is 4.39 Å². The van der Waals surface area contributed by atoms with Crippen LogP contribution in [-0.4, -0.2) is 18.0 Å². The zero-order chi connectivity index (χ0) is 27.6. The number of pyridine rings is 2. The minimum atomic E-state index is -1.23. The van der Waals surface area contributed by atoms with Crippen LogP contribution in [0.5, 0.6) is 0 Å². The summed E-state index contributed by atoms with van der Waals surface area (Å²) in [7, 11) is -1.23. The van der Waals surface area contributed by atoms with Gasteiger partial charge in [-0.15, -0.1) is 54.1 Å². The molecule has 0 spiro atoms. The second kappa shape index (κ2) is 12.4. The topological polar surface area (TPSA) is 38.9 Å². The van der Waals surface area contributed by atoms with Gasteiger partial charge in [0.05, 0.1) is 13.7 Å². The van der Waals surface area contributed by atoms with E-state index in [1.807, 2.05) is 60.8 Å². The summed E-state index contributed by atoms with van der Waals surface area (Å²) in [6.07, 6.45) is 3.81. The molecule has 0 bridgehead atoms. The summed E-state index contributed by atoms with van der Waals surface area (Å²) in [6, 6.07) is 31.4. The Hall–Kier alpha value is -3.44. The third-order valence-corrected chi connectivity index (χ3v) is 8.76. The van der Waals surface area contributed by atoms with Crippen molar-refractivity contribution in [2.24, 2.45) is 0 Å². The Kier molecular flexibility index (Phi) is 9.14. The Balaban J connectivity index is 0.000000192. The number of hydrogen-bond acceptors (Lipinski definition) is 3. The molecule has 205 valence electrons. The van der Waals surface area contributed by atoms with Gasteiger partial charge in [0.1, 0.15) is 0 Å². The van der Waals surface area contributed by atoms with E-state index >= 15 is 0 Å². The molecule has 6 rings (SSSR count). The maximum Gasteiger partial charge on any atom is 0.165 e. The van der Waals surface area contributed by atoms with Gasteiger partial charge in [-0.05, 0) is 34.6 Å². The van der Waals surface area contributed by atoms with E-state index in [0.717, 1.165) is 33.3 Å². The number of benzene rings is 3. The van der Waals surface area contributed by atoms with Crippen LogP contribution in [0.2, 0.25) is 19.6 Å². The van der Waals surface area contributed by atoms with Gasteiger partial charge in [0.15, 0.2) is 11.4 Å². The molecule has 0 unspecified atom stereocenters. The molecular weight excluding hydrogens is 692 g/mol. The number of furan rings is 1. The fourth-order valence-electron chi connectivity index (χ4n) is 4.41. The van der Waals surface area contributed by atoms with Crippen molar-refractivity contribution in [3.05, 3.63) is 115 Å². The summed E-state index contributed by atoms with van der Waals surface area (Å²) in [6.45, 7) is 11.3. The predicted molar refractivity (Wildman–Crippen MR) is 161 cm³/mol. The number of rotatable bonds is 4. The van der Waals surface area contributed by atoms with Crippen molar-refractivity contribution in [2.45, 2.75) is 39.4 Å². The van der Waals surface area contributed by atoms with Crippen LogP contribution in [-0.2, 0) is 20.1 Å². The first kappa shape index (κ1) is 29.5. The molecule has 3 aromatic heterocycles. The SMILES string of the molecule is CC(C)c1ccnc(-c2[c-]ccc3c2oc2c(F)cccc23)c1.C[Si](C)(C)c1ccc(-c2[c-]cccc2)nc1.[Ir].